The predicted octanol–water partition coefficient (Wildman–Crippen LogP) is 4.47. The molecule has 0 aromatic heterocycles. The van der Waals surface area contributed by atoms with Crippen molar-refractivity contribution in [1.82, 2.24) is 10.2 Å². The van der Waals surface area contributed by atoms with Gasteiger partial charge in [0, 0.05) is 18.5 Å². The fourth-order valence-corrected chi connectivity index (χ4v) is 3.73. The van der Waals surface area contributed by atoms with Crippen molar-refractivity contribution in [3.63, 3.8) is 0 Å². The largest absolute Gasteiger partial charge is 0.483 e. The zero-order chi connectivity index (χ0) is 22.2. The first-order valence-electron chi connectivity index (χ1n) is 10.8. The fourth-order valence-electron chi connectivity index (χ4n) is 3.73. The molecule has 0 fully saturated rings. The summed E-state index contributed by atoms with van der Waals surface area (Å²) in [5.74, 6) is 0.305. The summed E-state index contributed by atoms with van der Waals surface area (Å²) in [6.07, 6.45) is 0.526. The minimum absolute atomic E-state index is 0.129. The second-order valence-corrected chi connectivity index (χ2v) is 7.53. The van der Waals surface area contributed by atoms with E-state index in [1.807, 2.05) is 87.5 Å². The van der Waals surface area contributed by atoms with Crippen LogP contribution < -0.4 is 10.1 Å². The average molecular weight is 419 g/mol. The molecular formula is C26H30N2O3. The molecule has 1 atom stereocenters. The molecule has 0 unspecified atom stereocenters. The molecule has 0 radical (unpaired) electrons. The molecule has 2 amide bonds. The molecule has 5 heteroatoms. The van der Waals surface area contributed by atoms with Gasteiger partial charge in [-0.05, 0) is 42.8 Å². The molecule has 0 bridgehead atoms. The van der Waals surface area contributed by atoms with Crippen LogP contribution in [-0.2, 0) is 16.1 Å². The molecule has 0 spiro atoms. The van der Waals surface area contributed by atoms with Gasteiger partial charge in [-0.15, -0.1) is 0 Å². The van der Waals surface area contributed by atoms with Gasteiger partial charge in [-0.2, -0.15) is 0 Å². The molecular weight excluding hydrogens is 388 g/mol. The number of aryl methyl sites for hydroxylation is 1. The first-order chi connectivity index (χ1) is 15.0. The van der Waals surface area contributed by atoms with Gasteiger partial charge in [0.05, 0.1) is 0 Å². The van der Waals surface area contributed by atoms with E-state index in [1.165, 1.54) is 0 Å². The van der Waals surface area contributed by atoms with Crippen LogP contribution in [-0.4, -0.2) is 35.9 Å². The van der Waals surface area contributed by atoms with Gasteiger partial charge in [-0.25, -0.2) is 0 Å². The molecule has 0 aliphatic carbocycles. The minimum atomic E-state index is -0.553. The molecule has 0 saturated carbocycles. The Morgan fingerprint density at radius 2 is 1.68 bits per heavy atom. The topological polar surface area (TPSA) is 58.6 Å². The molecule has 0 aliphatic heterocycles. The first kappa shape index (κ1) is 22.3. The number of nitrogens with one attached hydrogen (secondary N) is 1. The second-order valence-electron chi connectivity index (χ2n) is 7.53. The number of likely N-dealkylation sites (N-methyl/N-ethyl adjacent to an activating group) is 1. The van der Waals surface area contributed by atoms with Crippen LogP contribution in [0.5, 0.6) is 5.75 Å². The van der Waals surface area contributed by atoms with Crippen LogP contribution in [0.15, 0.2) is 66.7 Å². The van der Waals surface area contributed by atoms with Gasteiger partial charge >= 0.3 is 0 Å². The zero-order valence-corrected chi connectivity index (χ0v) is 18.4. The summed E-state index contributed by atoms with van der Waals surface area (Å²) in [6.45, 7) is 6.56. The van der Waals surface area contributed by atoms with Crippen LogP contribution in [0.4, 0.5) is 0 Å². The summed E-state index contributed by atoms with van der Waals surface area (Å²) in [5.41, 5.74) is 2.10. The van der Waals surface area contributed by atoms with Crippen molar-refractivity contribution in [1.29, 1.82) is 0 Å². The Labute approximate surface area is 184 Å². The minimum Gasteiger partial charge on any atom is -0.483 e. The van der Waals surface area contributed by atoms with Gasteiger partial charge in [0.25, 0.3) is 5.91 Å². The number of fused-ring (bicyclic) bond motifs is 1. The van der Waals surface area contributed by atoms with Gasteiger partial charge in [-0.1, -0.05) is 67.6 Å². The molecule has 3 aromatic rings. The highest BCUT2D eigenvalue weighted by Crippen LogP contribution is 2.25. The number of hydrogen-bond acceptors (Lipinski definition) is 3. The smallest absolute Gasteiger partial charge is 0.261 e. The Bertz CT molecular complexity index is 1040. The lowest BCUT2D eigenvalue weighted by molar-refractivity contribution is -0.142. The molecule has 0 heterocycles. The number of hydrogen-bond donors (Lipinski definition) is 1. The van der Waals surface area contributed by atoms with Crippen molar-refractivity contribution in [3.8, 4) is 5.75 Å². The van der Waals surface area contributed by atoms with Crippen molar-refractivity contribution >= 4 is 22.6 Å². The third-order valence-electron chi connectivity index (χ3n) is 5.44. The maximum Gasteiger partial charge on any atom is 0.261 e. The lowest BCUT2D eigenvalue weighted by Crippen LogP contribution is -2.50. The number of nitrogens with zero attached hydrogens (tertiary/aromatic N) is 1. The Morgan fingerprint density at radius 3 is 2.42 bits per heavy atom. The van der Waals surface area contributed by atoms with Crippen LogP contribution >= 0.6 is 0 Å². The van der Waals surface area contributed by atoms with E-state index in [0.29, 0.717) is 25.3 Å². The number of carbonyl (C=O) groups excluding carboxylic acids is 2. The van der Waals surface area contributed by atoms with Gasteiger partial charge < -0.3 is 15.0 Å². The second kappa shape index (κ2) is 10.6. The molecule has 0 saturated heterocycles. The van der Waals surface area contributed by atoms with Crippen molar-refractivity contribution < 1.29 is 14.3 Å². The first-order valence-corrected chi connectivity index (χ1v) is 10.8. The van der Waals surface area contributed by atoms with Crippen molar-refractivity contribution in [2.24, 2.45) is 0 Å². The van der Waals surface area contributed by atoms with E-state index in [9.17, 15) is 9.59 Å². The molecule has 5 nitrogen and oxygen atoms in total. The lowest BCUT2D eigenvalue weighted by atomic mass is 10.1. The standard InChI is InChI=1S/C26H30N2O3/c1-4-23(26(30)27-5-2)28(17-21-13-7-6-11-19(21)3)25(29)18-31-24-16-10-14-20-12-8-9-15-22(20)24/h6-16,23H,4-5,17-18H2,1-3H3,(H,27,30)/t23-/m1/s1. The summed E-state index contributed by atoms with van der Waals surface area (Å²) in [5, 5.41) is 4.87. The van der Waals surface area contributed by atoms with Crippen LogP contribution in [0.2, 0.25) is 0 Å². The third-order valence-corrected chi connectivity index (χ3v) is 5.44. The highest BCUT2D eigenvalue weighted by atomic mass is 16.5. The number of rotatable bonds is 9. The van der Waals surface area contributed by atoms with Crippen molar-refractivity contribution in [3.05, 3.63) is 77.9 Å². The molecule has 1 N–H and O–H groups in total. The maximum absolute atomic E-state index is 13.3. The normalized spacial score (nSPS) is 11.7. The molecule has 0 aliphatic rings. The molecule has 3 rings (SSSR count). The Kier molecular flexibility index (Phi) is 7.65. The SMILES string of the molecule is CCNC(=O)[C@@H](CC)N(Cc1ccccc1C)C(=O)COc1cccc2ccccc12. The van der Waals surface area contributed by atoms with Gasteiger partial charge in [0.15, 0.2) is 6.61 Å². The zero-order valence-electron chi connectivity index (χ0n) is 18.4. The van der Waals surface area contributed by atoms with Crippen molar-refractivity contribution in [2.75, 3.05) is 13.2 Å². The van der Waals surface area contributed by atoms with E-state index in [0.717, 1.165) is 21.9 Å². The van der Waals surface area contributed by atoms with E-state index in [4.69, 9.17) is 4.74 Å². The van der Waals surface area contributed by atoms with Gasteiger partial charge in [-0.3, -0.25) is 9.59 Å². The van der Waals surface area contributed by atoms with E-state index in [1.54, 1.807) is 4.90 Å². The molecule has 162 valence electrons. The molecule has 3 aromatic carbocycles. The van der Waals surface area contributed by atoms with Gasteiger partial charge in [0.2, 0.25) is 5.91 Å². The fraction of sp³-hybridized carbons (Fsp3) is 0.308. The van der Waals surface area contributed by atoms with E-state index in [-0.39, 0.29) is 18.4 Å². The van der Waals surface area contributed by atoms with E-state index < -0.39 is 6.04 Å². The highest BCUT2D eigenvalue weighted by molar-refractivity contribution is 5.90. The molecule has 31 heavy (non-hydrogen) atoms. The van der Waals surface area contributed by atoms with Gasteiger partial charge in [0.1, 0.15) is 11.8 Å². The summed E-state index contributed by atoms with van der Waals surface area (Å²) < 4.78 is 5.94. The van der Waals surface area contributed by atoms with Crippen LogP contribution in [0.25, 0.3) is 10.8 Å². The van der Waals surface area contributed by atoms with Crippen LogP contribution in [0.3, 0.4) is 0 Å². The average Bonchev–Trinajstić information content (AvgIpc) is 2.78. The summed E-state index contributed by atoms with van der Waals surface area (Å²) in [7, 11) is 0. The summed E-state index contributed by atoms with van der Waals surface area (Å²) >= 11 is 0. The number of ether oxygens (including phenoxy) is 1. The summed E-state index contributed by atoms with van der Waals surface area (Å²) in [6, 6.07) is 21.1. The Morgan fingerprint density at radius 1 is 0.968 bits per heavy atom. The van der Waals surface area contributed by atoms with Crippen LogP contribution in [0, 0.1) is 6.92 Å². The maximum atomic E-state index is 13.3. The monoisotopic (exact) mass is 418 g/mol. The number of benzene rings is 3. The van der Waals surface area contributed by atoms with E-state index >= 15 is 0 Å². The Hall–Kier alpha value is -3.34. The predicted molar refractivity (Wildman–Crippen MR) is 124 cm³/mol. The van der Waals surface area contributed by atoms with Crippen LogP contribution in [0.1, 0.15) is 31.4 Å². The highest BCUT2D eigenvalue weighted by Gasteiger charge is 2.29. The third kappa shape index (κ3) is 5.43. The summed E-state index contributed by atoms with van der Waals surface area (Å²) in [4.78, 5) is 27.6. The lowest BCUT2D eigenvalue weighted by Gasteiger charge is -2.31. The van der Waals surface area contributed by atoms with E-state index in [2.05, 4.69) is 5.32 Å². The number of amides is 2. The Balaban J connectivity index is 1.84. The van der Waals surface area contributed by atoms with Crippen molar-refractivity contribution in [2.45, 2.75) is 39.8 Å². The quantitative estimate of drug-likeness (QED) is 0.558. The number of carbonyl (C=O) groups is 2.